The molecule has 0 saturated carbocycles. The van der Waals surface area contributed by atoms with Gasteiger partial charge in [0.2, 0.25) is 17.8 Å². The third-order valence-corrected chi connectivity index (χ3v) is 4.13. The fourth-order valence-corrected chi connectivity index (χ4v) is 2.81. The molecular formula is C14H16BrNO2S. The molecule has 19 heavy (non-hydrogen) atoms. The van der Waals surface area contributed by atoms with E-state index in [0.29, 0.717) is 12.1 Å². The molecule has 2 aromatic rings. The van der Waals surface area contributed by atoms with Crippen molar-refractivity contribution in [3.05, 3.63) is 52.0 Å². The van der Waals surface area contributed by atoms with Crippen molar-refractivity contribution in [2.45, 2.75) is 26.5 Å². The van der Waals surface area contributed by atoms with Crippen LogP contribution in [0.2, 0.25) is 0 Å². The Morgan fingerprint density at radius 3 is 2.53 bits per heavy atom. The summed E-state index contributed by atoms with van der Waals surface area (Å²) in [5.74, 6) is 0.0821. The van der Waals surface area contributed by atoms with E-state index < -0.39 is 6.10 Å². The summed E-state index contributed by atoms with van der Waals surface area (Å²) >= 11 is 1.48. The number of thiazole rings is 1. The Bertz CT molecular complexity index is 552. The first-order valence-electron chi connectivity index (χ1n) is 5.83. The first kappa shape index (κ1) is 16.0. The van der Waals surface area contributed by atoms with Gasteiger partial charge in [0.1, 0.15) is 4.88 Å². The molecule has 0 radical (unpaired) electrons. The van der Waals surface area contributed by atoms with Crippen molar-refractivity contribution < 1.29 is 31.4 Å². The van der Waals surface area contributed by atoms with Crippen LogP contribution < -0.4 is 21.5 Å². The number of hydrogen-bond donors (Lipinski definition) is 1. The highest BCUT2D eigenvalue weighted by molar-refractivity contribution is 7.09. The fourth-order valence-electron chi connectivity index (χ4n) is 1.85. The number of aliphatic hydroxyl groups excluding tert-OH is 1. The number of benzene rings is 1. The Morgan fingerprint density at radius 2 is 2.00 bits per heavy atom. The lowest BCUT2D eigenvalue weighted by Crippen LogP contribution is -3.00. The SMILES string of the molecule is Cc1c(C(C)O)sc[n+]1CC(=O)c1ccccc1.[Br-]. The number of carbonyl (C=O) groups excluding carboxylic acids is 1. The first-order chi connectivity index (χ1) is 8.59. The van der Waals surface area contributed by atoms with E-state index in [9.17, 15) is 9.90 Å². The highest BCUT2D eigenvalue weighted by Gasteiger charge is 2.21. The van der Waals surface area contributed by atoms with Crippen molar-refractivity contribution >= 4 is 17.1 Å². The van der Waals surface area contributed by atoms with Crippen molar-refractivity contribution in [1.29, 1.82) is 0 Å². The van der Waals surface area contributed by atoms with Gasteiger partial charge in [-0.15, -0.1) is 0 Å². The maximum Gasteiger partial charge on any atom is 0.227 e. The van der Waals surface area contributed by atoms with E-state index in [1.807, 2.05) is 47.3 Å². The van der Waals surface area contributed by atoms with E-state index in [-0.39, 0.29) is 22.8 Å². The molecule has 0 fully saturated rings. The molecule has 0 saturated heterocycles. The standard InChI is InChI=1S/C14H16NO2S.BrH/c1-10-14(11(2)16)18-9-15(10)8-13(17)12-6-4-3-5-7-12;/h3-7,9,11,16H,8H2,1-2H3;1H/q+1;/p-1. The lowest BCUT2D eigenvalue weighted by molar-refractivity contribution is -0.684. The molecular weight excluding hydrogens is 326 g/mol. The molecule has 5 heteroatoms. The maximum atomic E-state index is 12.1. The monoisotopic (exact) mass is 341 g/mol. The van der Waals surface area contributed by atoms with Crippen LogP contribution in [0.3, 0.4) is 0 Å². The lowest BCUT2D eigenvalue weighted by atomic mass is 10.1. The largest absolute Gasteiger partial charge is 1.00 e. The van der Waals surface area contributed by atoms with Crippen LogP contribution in [0, 0.1) is 6.92 Å². The Labute approximate surface area is 127 Å². The number of nitrogens with zero attached hydrogens (tertiary/aromatic N) is 1. The Balaban J connectivity index is 0.00000180. The molecule has 1 unspecified atom stereocenters. The molecule has 0 aliphatic heterocycles. The lowest BCUT2D eigenvalue weighted by Gasteiger charge is -1.99. The third kappa shape index (κ3) is 3.72. The normalized spacial score (nSPS) is 11.7. The highest BCUT2D eigenvalue weighted by atomic mass is 79.9. The molecule has 0 bridgehead atoms. The second-order valence-electron chi connectivity index (χ2n) is 4.27. The van der Waals surface area contributed by atoms with Gasteiger partial charge in [-0.2, -0.15) is 4.57 Å². The Morgan fingerprint density at radius 1 is 1.37 bits per heavy atom. The van der Waals surface area contributed by atoms with Gasteiger partial charge in [-0.1, -0.05) is 41.7 Å². The topological polar surface area (TPSA) is 41.2 Å². The summed E-state index contributed by atoms with van der Waals surface area (Å²) in [5, 5.41) is 9.58. The maximum absolute atomic E-state index is 12.1. The van der Waals surface area contributed by atoms with E-state index in [1.165, 1.54) is 11.3 Å². The third-order valence-electron chi connectivity index (χ3n) is 2.88. The van der Waals surface area contributed by atoms with Crippen molar-refractivity contribution in [3.63, 3.8) is 0 Å². The van der Waals surface area contributed by atoms with Crippen LogP contribution in [-0.2, 0) is 6.54 Å². The highest BCUT2D eigenvalue weighted by Crippen LogP contribution is 2.19. The Hall–Kier alpha value is -1.04. The molecule has 102 valence electrons. The molecule has 1 aromatic carbocycles. The average Bonchev–Trinajstić information content (AvgIpc) is 2.72. The number of hydrogen-bond acceptors (Lipinski definition) is 3. The van der Waals surface area contributed by atoms with Crippen LogP contribution in [0.15, 0.2) is 35.8 Å². The van der Waals surface area contributed by atoms with Gasteiger partial charge in [0.25, 0.3) is 0 Å². The molecule has 2 rings (SSSR count). The zero-order chi connectivity index (χ0) is 13.1. The number of ketones is 1. The van der Waals surface area contributed by atoms with Gasteiger partial charge in [-0.05, 0) is 6.92 Å². The fraction of sp³-hybridized carbons (Fsp3) is 0.286. The van der Waals surface area contributed by atoms with Gasteiger partial charge >= 0.3 is 0 Å². The number of Topliss-reactive ketones (excluding diaryl/α,β-unsaturated/α-hetero) is 1. The van der Waals surface area contributed by atoms with Crippen molar-refractivity contribution in [2.24, 2.45) is 0 Å². The quantitative estimate of drug-likeness (QED) is 0.589. The number of halogens is 1. The zero-order valence-corrected chi connectivity index (χ0v) is 13.2. The summed E-state index contributed by atoms with van der Waals surface area (Å²) in [6, 6.07) is 9.25. The van der Waals surface area contributed by atoms with Crippen molar-refractivity contribution in [3.8, 4) is 0 Å². The summed E-state index contributed by atoms with van der Waals surface area (Å²) in [4.78, 5) is 13.0. The van der Waals surface area contributed by atoms with E-state index in [0.717, 1.165) is 10.6 Å². The van der Waals surface area contributed by atoms with Gasteiger partial charge in [-0.25, -0.2) is 0 Å². The van der Waals surface area contributed by atoms with Gasteiger partial charge < -0.3 is 22.1 Å². The Kier molecular flexibility index (Phi) is 5.85. The predicted molar refractivity (Wildman–Crippen MR) is 70.7 cm³/mol. The van der Waals surface area contributed by atoms with E-state index in [4.69, 9.17) is 0 Å². The number of aliphatic hydroxyl groups is 1. The second-order valence-corrected chi connectivity index (χ2v) is 5.15. The molecule has 3 nitrogen and oxygen atoms in total. The van der Waals surface area contributed by atoms with Gasteiger partial charge in [0.05, 0.1) is 6.10 Å². The summed E-state index contributed by atoms with van der Waals surface area (Å²) in [5.41, 5.74) is 3.56. The van der Waals surface area contributed by atoms with Crippen LogP contribution in [-0.4, -0.2) is 10.9 Å². The minimum Gasteiger partial charge on any atom is -1.00 e. The summed E-state index contributed by atoms with van der Waals surface area (Å²) < 4.78 is 1.89. The van der Waals surface area contributed by atoms with Crippen LogP contribution in [0.25, 0.3) is 0 Å². The molecule has 1 atom stereocenters. The van der Waals surface area contributed by atoms with E-state index in [1.54, 1.807) is 6.92 Å². The minimum absolute atomic E-state index is 0. The first-order valence-corrected chi connectivity index (χ1v) is 6.71. The average molecular weight is 342 g/mol. The number of aromatic nitrogens is 1. The predicted octanol–water partition coefficient (Wildman–Crippen LogP) is -0.716. The molecule has 0 spiro atoms. The number of rotatable bonds is 4. The van der Waals surface area contributed by atoms with Crippen LogP contribution in [0.4, 0.5) is 0 Å². The van der Waals surface area contributed by atoms with E-state index in [2.05, 4.69) is 0 Å². The van der Waals surface area contributed by atoms with Crippen molar-refractivity contribution in [2.75, 3.05) is 0 Å². The smallest absolute Gasteiger partial charge is 0.227 e. The molecule has 1 aromatic heterocycles. The molecule has 0 amide bonds. The summed E-state index contributed by atoms with van der Waals surface area (Å²) in [7, 11) is 0. The molecule has 0 aliphatic rings. The van der Waals surface area contributed by atoms with Gasteiger partial charge in [0.15, 0.2) is 5.69 Å². The van der Waals surface area contributed by atoms with Crippen LogP contribution in [0.1, 0.15) is 34.0 Å². The van der Waals surface area contributed by atoms with Gasteiger partial charge in [-0.3, -0.25) is 4.79 Å². The summed E-state index contributed by atoms with van der Waals surface area (Å²) in [6.07, 6.45) is -0.483. The second kappa shape index (κ2) is 6.93. The van der Waals surface area contributed by atoms with Gasteiger partial charge in [0, 0.05) is 12.5 Å². The zero-order valence-electron chi connectivity index (χ0n) is 10.8. The molecule has 0 aliphatic carbocycles. The van der Waals surface area contributed by atoms with E-state index >= 15 is 0 Å². The van der Waals surface area contributed by atoms with Crippen LogP contribution >= 0.6 is 11.3 Å². The van der Waals surface area contributed by atoms with Crippen LogP contribution in [0.5, 0.6) is 0 Å². The summed E-state index contributed by atoms with van der Waals surface area (Å²) in [6.45, 7) is 3.98. The van der Waals surface area contributed by atoms with Crippen molar-refractivity contribution in [1.82, 2.24) is 0 Å². The molecule has 1 heterocycles. The number of carbonyl (C=O) groups is 1. The molecule has 1 N–H and O–H groups in total. The minimum atomic E-state index is -0.483.